The van der Waals surface area contributed by atoms with Crippen molar-refractivity contribution in [3.63, 3.8) is 0 Å². The average molecular weight is 275 g/mol. The highest BCUT2D eigenvalue weighted by Gasteiger charge is 2.16. The number of fused-ring (bicyclic) bond motifs is 1. The Kier molecular flexibility index (Phi) is 2.85. The number of nitrogens with zero attached hydrogens (tertiary/aromatic N) is 3. The molecule has 1 aromatic carbocycles. The standard InChI is InChI=1S/C14H11F2N3O/c1-19-11-4-3-10(15)12(16)13(11)18-14(19)8-5-9(20-2)7-17-6-8/h3-7H,1-2H3. The SMILES string of the molecule is COc1cncc(-c2nc3c(F)c(F)ccc3n2C)c1. The van der Waals surface area contributed by atoms with Crippen molar-refractivity contribution in [1.29, 1.82) is 0 Å². The molecule has 102 valence electrons. The summed E-state index contributed by atoms with van der Waals surface area (Å²) in [5.74, 6) is -0.789. The third kappa shape index (κ3) is 1.80. The maximum atomic E-state index is 13.8. The number of aromatic nitrogens is 3. The van der Waals surface area contributed by atoms with Gasteiger partial charge in [-0.2, -0.15) is 0 Å². The first kappa shape index (κ1) is 12.5. The molecule has 0 unspecified atom stereocenters. The van der Waals surface area contributed by atoms with Gasteiger partial charge in [0.15, 0.2) is 11.6 Å². The molecule has 0 aliphatic rings. The van der Waals surface area contributed by atoms with Crippen LogP contribution in [0.1, 0.15) is 0 Å². The van der Waals surface area contributed by atoms with Gasteiger partial charge < -0.3 is 9.30 Å². The van der Waals surface area contributed by atoms with Gasteiger partial charge in [-0.25, -0.2) is 13.8 Å². The van der Waals surface area contributed by atoms with E-state index < -0.39 is 11.6 Å². The zero-order chi connectivity index (χ0) is 14.3. The number of hydrogen-bond acceptors (Lipinski definition) is 3. The molecule has 0 saturated heterocycles. The summed E-state index contributed by atoms with van der Waals surface area (Å²) >= 11 is 0. The van der Waals surface area contributed by atoms with Crippen molar-refractivity contribution in [2.45, 2.75) is 0 Å². The Labute approximate surface area is 113 Å². The molecule has 6 heteroatoms. The summed E-state index contributed by atoms with van der Waals surface area (Å²) in [6.45, 7) is 0. The number of rotatable bonds is 2. The molecule has 0 radical (unpaired) electrons. The van der Waals surface area contributed by atoms with Gasteiger partial charge in [-0.3, -0.25) is 4.98 Å². The maximum absolute atomic E-state index is 13.8. The molecule has 2 aromatic heterocycles. The first-order valence-corrected chi connectivity index (χ1v) is 5.91. The predicted molar refractivity (Wildman–Crippen MR) is 70.4 cm³/mol. The van der Waals surface area contributed by atoms with Crippen LogP contribution in [-0.2, 0) is 7.05 Å². The lowest BCUT2D eigenvalue weighted by molar-refractivity contribution is 0.413. The summed E-state index contributed by atoms with van der Waals surface area (Å²) in [5, 5.41) is 0. The summed E-state index contributed by atoms with van der Waals surface area (Å²) in [7, 11) is 3.27. The number of halogens is 2. The van der Waals surface area contributed by atoms with Crippen LogP contribution in [0.4, 0.5) is 8.78 Å². The van der Waals surface area contributed by atoms with E-state index in [2.05, 4.69) is 9.97 Å². The molecule has 3 rings (SSSR count). The fourth-order valence-electron chi connectivity index (χ4n) is 2.11. The van der Waals surface area contributed by atoms with Crippen molar-refractivity contribution < 1.29 is 13.5 Å². The zero-order valence-electron chi connectivity index (χ0n) is 10.9. The number of benzene rings is 1. The molecule has 0 spiro atoms. The van der Waals surface area contributed by atoms with Gasteiger partial charge in [-0.05, 0) is 18.2 Å². The van der Waals surface area contributed by atoms with Gasteiger partial charge in [0, 0.05) is 18.8 Å². The minimum absolute atomic E-state index is 0.00493. The number of pyridine rings is 1. The summed E-state index contributed by atoms with van der Waals surface area (Å²) in [5.41, 5.74) is 1.19. The van der Waals surface area contributed by atoms with E-state index in [1.165, 1.54) is 13.2 Å². The monoisotopic (exact) mass is 275 g/mol. The molecule has 4 nitrogen and oxygen atoms in total. The fraction of sp³-hybridized carbons (Fsp3) is 0.143. The Hall–Kier alpha value is -2.50. The number of imidazole rings is 1. The van der Waals surface area contributed by atoms with E-state index in [4.69, 9.17) is 4.74 Å². The minimum Gasteiger partial charge on any atom is -0.495 e. The molecule has 0 aliphatic heterocycles. The van der Waals surface area contributed by atoms with Crippen molar-refractivity contribution in [1.82, 2.24) is 14.5 Å². The molecule has 20 heavy (non-hydrogen) atoms. The van der Waals surface area contributed by atoms with Crippen LogP contribution in [0.2, 0.25) is 0 Å². The van der Waals surface area contributed by atoms with Crippen molar-refractivity contribution in [2.75, 3.05) is 7.11 Å². The van der Waals surface area contributed by atoms with Crippen LogP contribution in [0.3, 0.4) is 0 Å². The summed E-state index contributed by atoms with van der Waals surface area (Å²) < 4.78 is 33.8. The van der Waals surface area contributed by atoms with Crippen molar-refractivity contribution in [3.05, 3.63) is 42.2 Å². The highest BCUT2D eigenvalue weighted by molar-refractivity contribution is 5.81. The second-order valence-electron chi connectivity index (χ2n) is 4.34. The first-order valence-electron chi connectivity index (χ1n) is 5.91. The van der Waals surface area contributed by atoms with Gasteiger partial charge in [0.05, 0.1) is 18.8 Å². The van der Waals surface area contributed by atoms with Gasteiger partial charge in [-0.15, -0.1) is 0 Å². The van der Waals surface area contributed by atoms with Crippen LogP contribution in [0.5, 0.6) is 5.75 Å². The summed E-state index contributed by atoms with van der Waals surface area (Å²) in [4.78, 5) is 8.21. The van der Waals surface area contributed by atoms with E-state index in [-0.39, 0.29) is 5.52 Å². The van der Waals surface area contributed by atoms with E-state index >= 15 is 0 Å². The van der Waals surface area contributed by atoms with Crippen LogP contribution >= 0.6 is 0 Å². The third-order valence-electron chi connectivity index (χ3n) is 3.15. The van der Waals surface area contributed by atoms with Crippen LogP contribution in [0.15, 0.2) is 30.6 Å². The quantitative estimate of drug-likeness (QED) is 0.722. The van der Waals surface area contributed by atoms with Gasteiger partial charge in [0.25, 0.3) is 0 Å². The summed E-state index contributed by atoms with van der Waals surface area (Å²) in [6.07, 6.45) is 3.16. The molecule has 0 amide bonds. The van der Waals surface area contributed by atoms with Gasteiger partial charge in [0.2, 0.25) is 0 Å². The van der Waals surface area contributed by atoms with Crippen molar-refractivity contribution >= 4 is 11.0 Å². The Morgan fingerprint density at radius 1 is 1.20 bits per heavy atom. The molecule has 0 atom stereocenters. The molecule has 0 fully saturated rings. The lowest BCUT2D eigenvalue weighted by atomic mass is 10.2. The normalized spacial score (nSPS) is 11.0. The van der Waals surface area contributed by atoms with Crippen LogP contribution < -0.4 is 4.74 Å². The molecule has 0 aliphatic carbocycles. The number of ether oxygens (including phenoxy) is 1. The number of methoxy groups -OCH3 is 1. The Bertz CT molecular complexity index is 798. The average Bonchev–Trinajstić information content (AvgIpc) is 2.81. The molecule has 0 bridgehead atoms. The fourth-order valence-corrected chi connectivity index (χ4v) is 2.11. The number of aryl methyl sites for hydroxylation is 1. The van der Waals surface area contributed by atoms with Crippen LogP contribution in [-0.4, -0.2) is 21.6 Å². The van der Waals surface area contributed by atoms with E-state index in [0.717, 1.165) is 6.07 Å². The number of hydrogen-bond donors (Lipinski definition) is 0. The predicted octanol–water partition coefficient (Wildman–Crippen LogP) is 2.92. The third-order valence-corrected chi connectivity index (χ3v) is 3.15. The van der Waals surface area contributed by atoms with Crippen LogP contribution in [0, 0.1) is 11.6 Å². The Morgan fingerprint density at radius 2 is 2.00 bits per heavy atom. The topological polar surface area (TPSA) is 39.9 Å². The minimum atomic E-state index is -0.944. The second-order valence-corrected chi connectivity index (χ2v) is 4.34. The second kappa shape index (κ2) is 4.56. The highest BCUT2D eigenvalue weighted by atomic mass is 19.2. The molecule has 0 saturated carbocycles. The van der Waals surface area contributed by atoms with Gasteiger partial charge >= 0.3 is 0 Å². The molecule has 2 heterocycles. The Morgan fingerprint density at radius 3 is 2.75 bits per heavy atom. The van der Waals surface area contributed by atoms with E-state index in [0.29, 0.717) is 22.7 Å². The zero-order valence-corrected chi connectivity index (χ0v) is 10.9. The largest absolute Gasteiger partial charge is 0.495 e. The smallest absolute Gasteiger partial charge is 0.186 e. The van der Waals surface area contributed by atoms with E-state index in [1.807, 2.05) is 0 Å². The molecule has 0 N–H and O–H groups in total. The first-order chi connectivity index (χ1) is 9.61. The van der Waals surface area contributed by atoms with Gasteiger partial charge in [0.1, 0.15) is 17.1 Å². The molecular weight excluding hydrogens is 264 g/mol. The highest BCUT2D eigenvalue weighted by Crippen LogP contribution is 2.27. The van der Waals surface area contributed by atoms with Crippen LogP contribution in [0.25, 0.3) is 22.4 Å². The van der Waals surface area contributed by atoms with E-state index in [9.17, 15) is 8.78 Å². The molecule has 3 aromatic rings. The summed E-state index contributed by atoms with van der Waals surface area (Å²) in [6, 6.07) is 4.33. The maximum Gasteiger partial charge on any atom is 0.186 e. The Balaban J connectivity index is 2.26. The lowest BCUT2D eigenvalue weighted by Gasteiger charge is -2.04. The van der Waals surface area contributed by atoms with Gasteiger partial charge in [-0.1, -0.05) is 0 Å². The van der Waals surface area contributed by atoms with Crippen molar-refractivity contribution in [2.24, 2.45) is 7.05 Å². The lowest BCUT2D eigenvalue weighted by Crippen LogP contribution is -1.94. The van der Waals surface area contributed by atoms with Crippen molar-refractivity contribution in [3.8, 4) is 17.1 Å². The van der Waals surface area contributed by atoms with E-state index in [1.54, 1.807) is 30.1 Å². The molecular formula is C14H11F2N3O.